The minimum atomic E-state index is -1.26. The monoisotopic (exact) mass is 393 g/mol. The van der Waals surface area contributed by atoms with Gasteiger partial charge in [-0.1, -0.05) is 53.5 Å². The van der Waals surface area contributed by atoms with E-state index < -0.39 is 11.0 Å². The standard InChI is InChI=1S/C20H21Cl2NOS/c1-20(2,3)25(24)23-19-11-9-14(15-6-4-5-7-16(15)19)13-8-10-17(21)18(22)12-13/h4-8,10,12,14H,9,11H2,1-3H3/t14-,25-/m1/s1. The van der Waals surface area contributed by atoms with Gasteiger partial charge in [-0.15, -0.1) is 0 Å². The third-order valence-electron chi connectivity index (χ3n) is 4.38. The van der Waals surface area contributed by atoms with E-state index in [0.717, 1.165) is 29.7 Å². The first kappa shape index (κ1) is 18.6. The van der Waals surface area contributed by atoms with Gasteiger partial charge in [0.15, 0.2) is 0 Å². The van der Waals surface area contributed by atoms with Gasteiger partial charge in [0.05, 0.1) is 20.5 Å². The molecule has 0 spiro atoms. The smallest absolute Gasteiger partial charge is 0.145 e. The summed E-state index contributed by atoms with van der Waals surface area (Å²) in [4.78, 5) is 0. The number of hydrogen-bond donors (Lipinski definition) is 0. The molecule has 2 aromatic rings. The van der Waals surface area contributed by atoms with Crippen molar-refractivity contribution in [1.82, 2.24) is 0 Å². The molecule has 3 rings (SSSR count). The minimum Gasteiger partial charge on any atom is -0.234 e. The van der Waals surface area contributed by atoms with Gasteiger partial charge < -0.3 is 0 Å². The second-order valence-corrected chi connectivity index (χ2v) is 9.97. The molecule has 0 amide bonds. The van der Waals surface area contributed by atoms with Crippen LogP contribution in [0.1, 0.15) is 56.2 Å². The summed E-state index contributed by atoms with van der Waals surface area (Å²) >= 11 is 12.3. The van der Waals surface area contributed by atoms with Gasteiger partial charge in [-0.25, -0.2) is 4.21 Å². The molecule has 2 aromatic carbocycles. The SMILES string of the molecule is CC(C)(C)[S@@](=O)N=C1CC[C@H](c2ccc(Cl)c(Cl)c2)c2ccccc21. The highest BCUT2D eigenvalue weighted by atomic mass is 35.5. The average molecular weight is 394 g/mol. The normalized spacial score (nSPS) is 20.4. The van der Waals surface area contributed by atoms with E-state index in [1.54, 1.807) is 0 Å². The van der Waals surface area contributed by atoms with E-state index in [0.29, 0.717) is 10.0 Å². The number of hydrogen-bond acceptors (Lipinski definition) is 1. The van der Waals surface area contributed by atoms with Crippen LogP contribution < -0.4 is 0 Å². The average Bonchev–Trinajstić information content (AvgIpc) is 2.57. The molecule has 0 aromatic heterocycles. The zero-order valence-corrected chi connectivity index (χ0v) is 16.9. The van der Waals surface area contributed by atoms with Gasteiger partial charge >= 0.3 is 0 Å². The summed E-state index contributed by atoms with van der Waals surface area (Å²) in [6.07, 6.45) is 1.71. The Hall–Kier alpha value is -1.16. The Morgan fingerprint density at radius 2 is 1.80 bits per heavy atom. The molecule has 1 aliphatic carbocycles. The van der Waals surface area contributed by atoms with Gasteiger partial charge in [-0.3, -0.25) is 0 Å². The molecule has 0 fully saturated rings. The number of rotatable bonds is 2. The molecule has 0 heterocycles. The van der Waals surface area contributed by atoms with E-state index in [4.69, 9.17) is 23.2 Å². The molecule has 0 unspecified atom stereocenters. The quantitative estimate of drug-likeness (QED) is 0.599. The zero-order chi connectivity index (χ0) is 18.2. The van der Waals surface area contributed by atoms with Crippen LogP contribution >= 0.6 is 23.2 Å². The van der Waals surface area contributed by atoms with Crippen LogP contribution in [0.2, 0.25) is 10.0 Å². The fourth-order valence-electron chi connectivity index (χ4n) is 3.04. The zero-order valence-electron chi connectivity index (χ0n) is 14.6. The van der Waals surface area contributed by atoms with Crippen molar-refractivity contribution in [2.24, 2.45) is 4.40 Å². The second-order valence-electron chi connectivity index (χ2n) is 7.25. The van der Waals surface area contributed by atoms with Crippen molar-refractivity contribution in [2.45, 2.75) is 44.3 Å². The molecule has 2 atom stereocenters. The fraction of sp³-hybridized carbons (Fsp3) is 0.350. The fourth-order valence-corrected chi connectivity index (χ4v) is 4.01. The molecule has 1 aliphatic rings. The van der Waals surface area contributed by atoms with Crippen molar-refractivity contribution in [2.75, 3.05) is 0 Å². The summed E-state index contributed by atoms with van der Waals surface area (Å²) < 4.78 is 16.7. The topological polar surface area (TPSA) is 29.4 Å². The molecule has 5 heteroatoms. The highest BCUT2D eigenvalue weighted by molar-refractivity contribution is 7.85. The van der Waals surface area contributed by atoms with Crippen molar-refractivity contribution in [1.29, 1.82) is 0 Å². The number of nitrogens with zero attached hydrogens (tertiary/aromatic N) is 1. The molecule has 0 saturated carbocycles. The Morgan fingerprint density at radius 1 is 1.08 bits per heavy atom. The predicted molar refractivity (Wildman–Crippen MR) is 108 cm³/mol. The molecule has 0 saturated heterocycles. The van der Waals surface area contributed by atoms with Crippen molar-refractivity contribution < 1.29 is 4.21 Å². The van der Waals surface area contributed by atoms with E-state index in [1.165, 1.54) is 5.56 Å². The van der Waals surface area contributed by atoms with E-state index in [-0.39, 0.29) is 10.7 Å². The van der Waals surface area contributed by atoms with Gasteiger partial charge in [0, 0.05) is 11.5 Å². The maximum atomic E-state index is 12.5. The summed E-state index contributed by atoms with van der Waals surface area (Å²) in [6, 6.07) is 14.1. The van der Waals surface area contributed by atoms with E-state index in [2.05, 4.69) is 16.5 Å². The Bertz CT molecular complexity index is 855. The third kappa shape index (κ3) is 3.99. The van der Waals surface area contributed by atoms with Crippen LogP contribution in [0, 0.1) is 0 Å². The molecule has 132 valence electrons. The highest BCUT2D eigenvalue weighted by Crippen LogP contribution is 2.39. The van der Waals surface area contributed by atoms with Crippen molar-refractivity contribution in [3.63, 3.8) is 0 Å². The first-order chi connectivity index (χ1) is 11.8. The van der Waals surface area contributed by atoms with Gasteiger partial charge in [-0.2, -0.15) is 4.40 Å². The van der Waals surface area contributed by atoms with Crippen molar-refractivity contribution in [3.8, 4) is 0 Å². The molecule has 25 heavy (non-hydrogen) atoms. The van der Waals surface area contributed by atoms with E-state index in [9.17, 15) is 4.21 Å². The van der Waals surface area contributed by atoms with Crippen molar-refractivity contribution >= 4 is 39.9 Å². The summed E-state index contributed by atoms with van der Waals surface area (Å²) in [7, 11) is -1.26. The molecular weight excluding hydrogens is 373 g/mol. The first-order valence-corrected chi connectivity index (χ1v) is 10.2. The lowest BCUT2D eigenvalue weighted by atomic mass is 9.78. The third-order valence-corrected chi connectivity index (χ3v) is 6.55. The van der Waals surface area contributed by atoms with E-state index >= 15 is 0 Å². The van der Waals surface area contributed by atoms with Gasteiger partial charge in [0.2, 0.25) is 0 Å². The Balaban J connectivity index is 2.03. The molecular formula is C20H21Cl2NOS. The summed E-state index contributed by atoms with van der Waals surface area (Å²) in [5, 5.41) is 1.14. The number of fused-ring (bicyclic) bond motifs is 1. The highest BCUT2D eigenvalue weighted by Gasteiger charge is 2.27. The Labute approximate surface area is 161 Å². The number of benzene rings is 2. The maximum Gasteiger partial charge on any atom is 0.145 e. The molecule has 0 aliphatic heterocycles. The lowest BCUT2D eigenvalue weighted by molar-refractivity contribution is 0.650. The summed E-state index contributed by atoms with van der Waals surface area (Å²) in [5.41, 5.74) is 4.37. The van der Waals surface area contributed by atoms with Crippen LogP contribution in [-0.4, -0.2) is 14.7 Å². The maximum absolute atomic E-state index is 12.5. The van der Waals surface area contributed by atoms with Crippen LogP contribution in [0.5, 0.6) is 0 Å². The van der Waals surface area contributed by atoms with E-state index in [1.807, 2.05) is 51.1 Å². The Morgan fingerprint density at radius 3 is 2.48 bits per heavy atom. The van der Waals surface area contributed by atoms with Crippen LogP contribution in [0.4, 0.5) is 0 Å². The molecule has 2 nitrogen and oxygen atoms in total. The molecule has 0 N–H and O–H groups in total. The second kappa shape index (κ2) is 7.22. The van der Waals surface area contributed by atoms with Gasteiger partial charge in [0.1, 0.15) is 11.0 Å². The van der Waals surface area contributed by atoms with Crippen LogP contribution in [0.15, 0.2) is 46.9 Å². The van der Waals surface area contributed by atoms with Gasteiger partial charge in [-0.05, 0) is 56.9 Å². The largest absolute Gasteiger partial charge is 0.234 e. The van der Waals surface area contributed by atoms with Crippen molar-refractivity contribution in [3.05, 3.63) is 69.2 Å². The van der Waals surface area contributed by atoms with Crippen LogP contribution in [-0.2, 0) is 11.0 Å². The molecule has 0 bridgehead atoms. The Kier molecular flexibility index (Phi) is 5.38. The lowest BCUT2D eigenvalue weighted by Crippen LogP contribution is -2.23. The number of halogens is 2. The lowest BCUT2D eigenvalue weighted by Gasteiger charge is -2.27. The predicted octanol–water partition coefficient (Wildman–Crippen LogP) is 6.17. The van der Waals surface area contributed by atoms with Crippen LogP contribution in [0.25, 0.3) is 0 Å². The minimum absolute atomic E-state index is 0.244. The molecule has 0 radical (unpaired) electrons. The summed E-state index contributed by atoms with van der Waals surface area (Å²) in [5.74, 6) is 0.244. The van der Waals surface area contributed by atoms with Crippen LogP contribution in [0.3, 0.4) is 0 Å². The van der Waals surface area contributed by atoms with Gasteiger partial charge in [0.25, 0.3) is 0 Å². The first-order valence-electron chi connectivity index (χ1n) is 8.31. The summed E-state index contributed by atoms with van der Waals surface area (Å²) in [6.45, 7) is 5.83.